The molecule has 0 spiro atoms. The summed E-state index contributed by atoms with van der Waals surface area (Å²) in [6, 6.07) is 4.09. The zero-order chi connectivity index (χ0) is 7.56. The van der Waals surface area contributed by atoms with E-state index in [1.54, 1.807) is 11.3 Å². The summed E-state index contributed by atoms with van der Waals surface area (Å²) in [6.07, 6.45) is 0.290. The summed E-state index contributed by atoms with van der Waals surface area (Å²) < 4.78 is 5.45. The molecule has 0 aliphatic heterocycles. The molecule has 1 heterocycles. The Bertz CT molecular complexity index is 203. The van der Waals surface area contributed by atoms with Crippen LogP contribution in [-0.2, 0) is 0 Å². The molecular formula is C8H12OS. The Morgan fingerprint density at radius 1 is 1.40 bits per heavy atom. The van der Waals surface area contributed by atoms with E-state index in [0.29, 0.717) is 0 Å². The van der Waals surface area contributed by atoms with Gasteiger partial charge in [0.05, 0.1) is 6.10 Å². The van der Waals surface area contributed by atoms with Crippen LogP contribution in [0.5, 0.6) is 5.06 Å². The average molecular weight is 156 g/mol. The van der Waals surface area contributed by atoms with Crippen LogP contribution in [0.1, 0.15) is 18.7 Å². The molecule has 10 heavy (non-hydrogen) atoms. The van der Waals surface area contributed by atoms with E-state index in [1.165, 1.54) is 4.88 Å². The fourth-order valence-electron chi connectivity index (χ4n) is 0.708. The van der Waals surface area contributed by atoms with Gasteiger partial charge in [-0.15, -0.1) is 11.3 Å². The Morgan fingerprint density at radius 3 is 2.50 bits per heavy atom. The van der Waals surface area contributed by atoms with Crippen LogP contribution in [0.2, 0.25) is 0 Å². The van der Waals surface area contributed by atoms with Gasteiger partial charge < -0.3 is 4.74 Å². The van der Waals surface area contributed by atoms with Crippen molar-refractivity contribution in [1.82, 2.24) is 0 Å². The SMILES string of the molecule is Cc1ccc(OC(C)C)s1. The van der Waals surface area contributed by atoms with Crippen LogP contribution < -0.4 is 4.74 Å². The quantitative estimate of drug-likeness (QED) is 0.639. The Hall–Kier alpha value is -0.500. The summed E-state index contributed by atoms with van der Waals surface area (Å²) in [6.45, 7) is 6.15. The van der Waals surface area contributed by atoms with Crippen LogP contribution in [0.15, 0.2) is 12.1 Å². The molecule has 0 amide bonds. The second-order valence-corrected chi connectivity index (χ2v) is 3.78. The highest BCUT2D eigenvalue weighted by Crippen LogP contribution is 2.23. The van der Waals surface area contributed by atoms with Crippen molar-refractivity contribution in [3.63, 3.8) is 0 Å². The molecule has 0 bridgehead atoms. The molecule has 1 nitrogen and oxygen atoms in total. The highest BCUT2D eigenvalue weighted by molar-refractivity contribution is 7.13. The van der Waals surface area contributed by atoms with Crippen LogP contribution in [0.3, 0.4) is 0 Å². The third kappa shape index (κ3) is 2.03. The monoisotopic (exact) mass is 156 g/mol. The maximum absolute atomic E-state index is 5.45. The van der Waals surface area contributed by atoms with E-state index < -0.39 is 0 Å². The minimum Gasteiger partial charge on any atom is -0.481 e. The molecule has 0 radical (unpaired) electrons. The molecule has 1 aromatic rings. The van der Waals surface area contributed by atoms with Gasteiger partial charge in [0.25, 0.3) is 0 Å². The van der Waals surface area contributed by atoms with Crippen molar-refractivity contribution in [3.8, 4) is 5.06 Å². The van der Waals surface area contributed by atoms with Crippen molar-refractivity contribution in [2.45, 2.75) is 26.9 Å². The molecule has 0 aliphatic carbocycles. The molecule has 56 valence electrons. The molecule has 2 heteroatoms. The third-order valence-corrected chi connectivity index (χ3v) is 1.96. The van der Waals surface area contributed by atoms with Crippen molar-refractivity contribution < 1.29 is 4.74 Å². The average Bonchev–Trinajstić information content (AvgIpc) is 2.13. The van der Waals surface area contributed by atoms with E-state index in [1.807, 2.05) is 19.9 Å². The maximum Gasteiger partial charge on any atom is 0.174 e. The Morgan fingerprint density at radius 2 is 2.10 bits per heavy atom. The van der Waals surface area contributed by atoms with Crippen molar-refractivity contribution in [1.29, 1.82) is 0 Å². The second kappa shape index (κ2) is 3.06. The molecular weight excluding hydrogens is 144 g/mol. The maximum atomic E-state index is 5.45. The van der Waals surface area contributed by atoms with Gasteiger partial charge in [-0.1, -0.05) is 0 Å². The normalized spacial score (nSPS) is 10.4. The summed E-state index contributed by atoms with van der Waals surface area (Å²) in [5.41, 5.74) is 0. The van der Waals surface area contributed by atoms with Crippen LogP contribution in [0.25, 0.3) is 0 Å². The summed E-state index contributed by atoms with van der Waals surface area (Å²) in [7, 11) is 0. The second-order valence-electron chi connectivity index (χ2n) is 2.53. The molecule has 0 N–H and O–H groups in total. The van der Waals surface area contributed by atoms with Gasteiger partial charge in [0.1, 0.15) is 0 Å². The van der Waals surface area contributed by atoms with E-state index >= 15 is 0 Å². The van der Waals surface area contributed by atoms with E-state index in [4.69, 9.17) is 4.74 Å². The zero-order valence-corrected chi connectivity index (χ0v) is 7.37. The largest absolute Gasteiger partial charge is 0.481 e. The van der Waals surface area contributed by atoms with Gasteiger partial charge >= 0.3 is 0 Å². The Kier molecular flexibility index (Phi) is 2.33. The molecule has 0 atom stereocenters. The minimum atomic E-state index is 0.290. The molecule has 0 aliphatic rings. The van der Waals surface area contributed by atoms with Crippen molar-refractivity contribution in [3.05, 3.63) is 17.0 Å². The van der Waals surface area contributed by atoms with Crippen molar-refractivity contribution in [2.24, 2.45) is 0 Å². The molecule has 0 saturated carbocycles. The minimum absolute atomic E-state index is 0.290. The smallest absolute Gasteiger partial charge is 0.174 e. The van der Waals surface area contributed by atoms with Gasteiger partial charge in [-0.25, -0.2) is 0 Å². The van der Waals surface area contributed by atoms with E-state index in [9.17, 15) is 0 Å². The fraction of sp³-hybridized carbons (Fsp3) is 0.500. The lowest BCUT2D eigenvalue weighted by Gasteiger charge is -2.04. The number of hydrogen-bond donors (Lipinski definition) is 0. The molecule has 0 aromatic carbocycles. The summed E-state index contributed by atoms with van der Waals surface area (Å²) in [5, 5.41) is 1.02. The van der Waals surface area contributed by atoms with Crippen LogP contribution in [-0.4, -0.2) is 6.10 Å². The van der Waals surface area contributed by atoms with E-state index in [2.05, 4.69) is 13.0 Å². The van der Waals surface area contributed by atoms with Crippen LogP contribution in [0, 0.1) is 6.92 Å². The van der Waals surface area contributed by atoms with Gasteiger partial charge in [0, 0.05) is 4.88 Å². The first-order chi connectivity index (χ1) is 4.68. The highest BCUT2D eigenvalue weighted by Gasteiger charge is 1.98. The molecule has 0 unspecified atom stereocenters. The van der Waals surface area contributed by atoms with Crippen LogP contribution >= 0.6 is 11.3 Å². The number of ether oxygens (including phenoxy) is 1. The Labute approximate surface area is 65.6 Å². The van der Waals surface area contributed by atoms with Gasteiger partial charge in [-0.05, 0) is 32.9 Å². The summed E-state index contributed by atoms with van der Waals surface area (Å²) >= 11 is 1.69. The highest BCUT2D eigenvalue weighted by atomic mass is 32.1. The number of thiophene rings is 1. The van der Waals surface area contributed by atoms with Crippen molar-refractivity contribution in [2.75, 3.05) is 0 Å². The lowest BCUT2D eigenvalue weighted by Crippen LogP contribution is -2.03. The van der Waals surface area contributed by atoms with Gasteiger partial charge in [0.2, 0.25) is 0 Å². The Balaban J connectivity index is 2.58. The summed E-state index contributed by atoms with van der Waals surface area (Å²) in [5.74, 6) is 0. The van der Waals surface area contributed by atoms with Crippen molar-refractivity contribution >= 4 is 11.3 Å². The van der Waals surface area contributed by atoms with Gasteiger partial charge in [-0.2, -0.15) is 0 Å². The topological polar surface area (TPSA) is 9.23 Å². The number of rotatable bonds is 2. The fourth-order valence-corrected chi connectivity index (χ4v) is 1.54. The third-order valence-electron chi connectivity index (χ3n) is 1.07. The van der Waals surface area contributed by atoms with Crippen LogP contribution in [0.4, 0.5) is 0 Å². The first-order valence-corrected chi connectivity index (χ1v) is 4.23. The molecule has 0 fully saturated rings. The molecule has 0 saturated heterocycles. The van der Waals surface area contributed by atoms with Gasteiger partial charge in [0.15, 0.2) is 5.06 Å². The first kappa shape index (κ1) is 7.61. The zero-order valence-electron chi connectivity index (χ0n) is 6.55. The molecule has 1 rings (SSSR count). The summed E-state index contributed by atoms with van der Waals surface area (Å²) in [4.78, 5) is 1.30. The number of hydrogen-bond acceptors (Lipinski definition) is 2. The standard InChI is InChI=1S/C8H12OS/c1-6(2)9-8-5-4-7(3)10-8/h4-6H,1-3H3. The lowest BCUT2D eigenvalue weighted by molar-refractivity contribution is 0.250. The van der Waals surface area contributed by atoms with E-state index in [0.717, 1.165) is 5.06 Å². The predicted octanol–water partition coefficient (Wildman–Crippen LogP) is 2.84. The lowest BCUT2D eigenvalue weighted by atomic mass is 10.5. The number of aryl methyl sites for hydroxylation is 1. The molecule has 1 aromatic heterocycles. The predicted molar refractivity (Wildman–Crippen MR) is 44.8 cm³/mol. The van der Waals surface area contributed by atoms with Gasteiger partial charge in [-0.3, -0.25) is 0 Å². The van der Waals surface area contributed by atoms with E-state index in [-0.39, 0.29) is 6.10 Å². The first-order valence-electron chi connectivity index (χ1n) is 3.41.